The third kappa shape index (κ3) is 3.22. The first kappa shape index (κ1) is 14.6. The van der Waals surface area contributed by atoms with Crippen LogP contribution in [0.15, 0.2) is 18.2 Å². The molecule has 2 atom stereocenters. The van der Waals surface area contributed by atoms with Gasteiger partial charge in [-0.05, 0) is 56.7 Å². The van der Waals surface area contributed by atoms with Crippen molar-refractivity contribution in [3.8, 4) is 0 Å². The van der Waals surface area contributed by atoms with Gasteiger partial charge in [0.1, 0.15) is 0 Å². The smallest absolute Gasteiger partial charge is 0.0410 e. The second-order valence-electron chi connectivity index (χ2n) is 5.72. The summed E-state index contributed by atoms with van der Waals surface area (Å²) < 4.78 is 0. The lowest BCUT2D eigenvalue weighted by Gasteiger charge is -2.24. The molecule has 1 aliphatic rings. The normalized spacial score (nSPS) is 23.4. The van der Waals surface area contributed by atoms with Crippen LogP contribution in [-0.2, 0) is 6.42 Å². The van der Waals surface area contributed by atoms with E-state index in [0.29, 0.717) is 18.5 Å². The van der Waals surface area contributed by atoms with Crippen LogP contribution in [0.2, 0.25) is 5.02 Å². The van der Waals surface area contributed by atoms with Crippen LogP contribution in [0.5, 0.6) is 0 Å². The van der Waals surface area contributed by atoms with Crippen LogP contribution in [-0.4, -0.2) is 44.7 Å². The van der Waals surface area contributed by atoms with Crippen molar-refractivity contribution in [2.45, 2.75) is 19.4 Å². The molecule has 0 amide bonds. The van der Waals surface area contributed by atoms with Gasteiger partial charge in [0.05, 0.1) is 0 Å². The number of anilines is 1. The molecular formula is C15H24ClN3. The molecule has 0 saturated carbocycles. The number of hydrogen-bond acceptors (Lipinski definition) is 3. The Morgan fingerprint density at radius 2 is 2.11 bits per heavy atom. The number of rotatable bonds is 4. The Hall–Kier alpha value is -0.770. The van der Waals surface area contributed by atoms with Gasteiger partial charge in [-0.3, -0.25) is 0 Å². The molecular weight excluding hydrogens is 258 g/mol. The highest BCUT2D eigenvalue weighted by atomic mass is 35.5. The zero-order valence-electron chi connectivity index (χ0n) is 12.1. The van der Waals surface area contributed by atoms with E-state index in [4.69, 9.17) is 17.3 Å². The molecule has 2 rings (SSSR count). The average molecular weight is 282 g/mol. The van der Waals surface area contributed by atoms with Crippen molar-refractivity contribution in [3.05, 3.63) is 28.8 Å². The Kier molecular flexibility index (Phi) is 4.71. The van der Waals surface area contributed by atoms with E-state index < -0.39 is 0 Å². The van der Waals surface area contributed by atoms with Crippen molar-refractivity contribution in [2.75, 3.05) is 38.6 Å². The maximum absolute atomic E-state index is 6.10. The molecule has 1 aromatic rings. The topological polar surface area (TPSA) is 32.5 Å². The fraction of sp³-hybridized carbons (Fsp3) is 0.600. The van der Waals surface area contributed by atoms with Gasteiger partial charge in [-0.1, -0.05) is 18.5 Å². The van der Waals surface area contributed by atoms with E-state index in [1.165, 1.54) is 11.3 Å². The number of likely N-dealkylation sites (N-methyl/N-ethyl adjacent to an activating group) is 1. The van der Waals surface area contributed by atoms with Gasteiger partial charge < -0.3 is 15.5 Å². The summed E-state index contributed by atoms with van der Waals surface area (Å²) in [7, 11) is 4.32. The molecule has 0 aromatic heterocycles. The van der Waals surface area contributed by atoms with Gasteiger partial charge in [0.15, 0.2) is 0 Å². The van der Waals surface area contributed by atoms with E-state index in [-0.39, 0.29) is 0 Å². The van der Waals surface area contributed by atoms with Gasteiger partial charge in [0.25, 0.3) is 0 Å². The highest BCUT2D eigenvalue weighted by Crippen LogP contribution is 2.30. The first-order valence-electron chi connectivity index (χ1n) is 6.92. The fourth-order valence-electron chi connectivity index (χ4n) is 3.04. The standard InChI is InChI=1S/C15H24ClN3/c1-11-9-19(10-15(11)18(2)3)14-5-4-13(16)8-12(14)6-7-17/h4-5,8,11,15H,6-7,9-10,17H2,1-3H3. The number of halogens is 1. The minimum absolute atomic E-state index is 0.612. The summed E-state index contributed by atoms with van der Waals surface area (Å²) in [4.78, 5) is 4.79. The number of hydrogen-bond donors (Lipinski definition) is 1. The van der Waals surface area contributed by atoms with E-state index in [2.05, 4.69) is 43.0 Å². The fourth-order valence-corrected chi connectivity index (χ4v) is 3.23. The molecule has 2 unspecified atom stereocenters. The first-order valence-corrected chi connectivity index (χ1v) is 7.30. The summed E-state index contributed by atoms with van der Waals surface area (Å²) in [6.07, 6.45) is 0.882. The number of nitrogens with zero attached hydrogens (tertiary/aromatic N) is 2. The Morgan fingerprint density at radius 1 is 1.37 bits per heavy atom. The first-order chi connectivity index (χ1) is 9.02. The van der Waals surface area contributed by atoms with Gasteiger partial charge in [0, 0.05) is 29.8 Å². The van der Waals surface area contributed by atoms with Crippen LogP contribution < -0.4 is 10.6 Å². The van der Waals surface area contributed by atoms with Crippen LogP contribution in [0.25, 0.3) is 0 Å². The quantitative estimate of drug-likeness (QED) is 0.919. The van der Waals surface area contributed by atoms with Crippen molar-refractivity contribution in [1.82, 2.24) is 4.90 Å². The highest BCUT2D eigenvalue weighted by molar-refractivity contribution is 6.30. The molecule has 0 bridgehead atoms. The molecule has 0 aliphatic carbocycles. The lowest BCUT2D eigenvalue weighted by Crippen LogP contribution is -2.34. The minimum Gasteiger partial charge on any atom is -0.369 e. The number of nitrogens with two attached hydrogens (primary N) is 1. The van der Waals surface area contributed by atoms with E-state index in [0.717, 1.165) is 24.5 Å². The second kappa shape index (κ2) is 6.12. The molecule has 4 heteroatoms. The summed E-state index contributed by atoms with van der Waals surface area (Å²) in [5, 5.41) is 0.795. The monoisotopic (exact) mass is 281 g/mol. The Morgan fingerprint density at radius 3 is 2.68 bits per heavy atom. The molecule has 0 radical (unpaired) electrons. The highest BCUT2D eigenvalue weighted by Gasteiger charge is 2.31. The van der Waals surface area contributed by atoms with Gasteiger partial charge in [-0.25, -0.2) is 0 Å². The van der Waals surface area contributed by atoms with E-state index in [1.54, 1.807) is 0 Å². The zero-order chi connectivity index (χ0) is 14.0. The maximum atomic E-state index is 6.10. The van der Waals surface area contributed by atoms with Crippen LogP contribution in [0.3, 0.4) is 0 Å². The van der Waals surface area contributed by atoms with Crippen molar-refractivity contribution >= 4 is 17.3 Å². The van der Waals surface area contributed by atoms with Crippen LogP contribution in [0.1, 0.15) is 12.5 Å². The Bertz CT molecular complexity index is 433. The molecule has 1 aromatic carbocycles. The van der Waals surface area contributed by atoms with E-state index >= 15 is 0 Å². The summed E-state index contributed by atoms with van der Waals surface area (Å²) in [5.41, 5.74) is 8.27. The molecule has 19 heavy (non-hydrogen) atoms. The van der Waals surface area contributed by atoms with Crippen molar-refractivity contribution in [1.29, 1.82) is 0 Å². The molecule has 3 nitrogen and oxygen atoms in total. The average Bonchev–Trinajstić information content (AvgIpc) is 2.72. The molecule has 1 heterocycles. The minimum atomic E-state index is 0.612. The second-order valence-corrected chi connectivity index (χ2v) is 6.16. The summed E-state index contributed by atoms with van der Waals surface area (Å²) in [6, 6.07) is 6.78. The van der Waals surface area contributed by atoms with Gasteiger partial charge >= 0.3 is 0 Å². The summed E-state index contributed by atoms with van der Waals surface area (Å²) in [5.74, 6) is 0.677. The van der Waals surface area contributed by atoms with E-state index in [1.807, 2.05) is 6.07 Å². The lowest BCUT2D eigenvalue weighted by atomic mass is 10.1. The van der Waals surface area contributed by atoms with Gasteiger partial charge in [-0.15, -0.1) is 0 Å². The van der Waals surface area contributed by atoms with Crippen molar-refractivity contribution in [3.63, 3.8) is 0 Å². The molecule has 2 N–H and O–H groups in total. The molecule has 1 aliphatic heterocycles. The van der Waals surface area contributed by atoms with E-state index in [9.17, 15) is 0 Å². The predicted octanol–water partition coefficient (Wildman–Crippen LogP) is 2.23. The van der Waals surface area contributed by atoms with Crippen molar-refractivity contribution in [2.24, 2.45) is 11.7 Å². The maximum Gasteiger partial charge on any atom is 0.0410 e. The molecule has 1 saturated heterocycles. The largest absolute Gasteiger partial charge is 0.369 e. The Balaban J connectivity index is 2.23. The lowest BCUT2D eigenvalue weighted by molar-refractivity contribution is 0.266. The predicted molar refractivity (Wildman–Crippen MR) is 83.1 cm³/mol. The molecule has 106 valence electrons. The third-order valence-corrected chi connectivity index (χ3v) is 4.27. The van der Waals surface area contributed by atoms with Gasteiger partial charge in [0.2, 0.25) is 0 Å². The van der Waals surface area contributed by atoms with Crippen LogP contribution in [0, 0.1) is 5.92 Å². The Labute approximate surface area is 121 Å². The van der Waals surface area contributed by atoms with Crippen LogP contribution in [0.4, 0.5) is 5.69 Å². The SMILES string of the molecule is CC1CN(c2ccc(Cl)cc2CCN)CC1N(C)C. The van der Waals surface area contributed by atoms with Gasteiger partial charge in [-0.2, -0.15) is 0 Å². The number of benzene rings is 1. The zero-order valence-corrected chi connectivity index (χ0v) is 12.8. The summed E-state index contributed by atoms with van der Waals surface area (Å²) >= 11 is 6.10. The third-order valence-electron chi connectivity index (χ3n) is 4.03. The van der Waals surface area contributed by atoms with Crippen molar-refractivity contribution < 1.29 is 0 Å². The molecule has 0 spiro atoms. The summed E-state index contributed by atoms with van der Waals surface area (Å²) in [6.45, 7) is 5.16. The molecule has 1 fully saturated rings. The van der Waals surface area contributed by atoms with Crippen LogP contribution >= 0.6 is 11.6 Å².